The minimum atomic E-state index is 0.249. The van der Waals surface area contributed by atoms with Gasteiger partial charge in [-0.15, -0.1) is 0 Å². The summed E-state index contributed by atoms with van der Waals surface area (Å²) in [7, 11) is 0. The van der Waals surface area contributed by atoms with Crippen molar-refractivity contribution in [3.63, 3.8) is 0 Å². The molecule has 0 atom stereocenters. The van der Waals surface area contributed by atoms with E-state index in [9.17, 15) is 5.11 Å². The van der Waals surface area contributed by atoms with E-state index in [1.807, 2.05) is 30.4 Å². The third-order valence-electron chi connectivity index (χ3n) is 2.48. The molecule has 17 heavy (non-hydrogen) atoms. The summed E-state index contributed by atoms with van der Waals surface area (Å²) < 4.78 is 0. The summed E-state index contributed by atoms with van der Waals surface area (Å²) in [4.78, 5) is 0. The van der Waals surface area contributed by atoms with Crippen LogP contribution in [0.3, 0.4) is 0 Å². The predicted molar refractivity (Wildman–Crippen MR) is 72.3 cm³/mol. The molecule has 2 heteroatoms. The Balaban J connectivity index is 2.08. The maximum atomic E-state index is 9.62. The van der Waals surface area contributed by atoms with Gasteiger partial charge >= 0.3 is 0 Å². The van der Waals surface area contributed by atoms with Gasteiger partial charge in [-0.05, 0) is 30.2 Å². The molecule has 86 valence electrons. The van der Waals surface area contributed by atoms with Crippen LogP contribution in [-0.4, -0.2) is 5.11 Å². The van der Waals surface area contributed by atoms with Crippen molar-refractivity contribution in [3.8, 4) is 5.75 Å². The predicted octanol–water partition coefficient (Wildman–Crippen LogP) is 4.30. The molecule has 0 aliphatic carbocycles. The molecule has 2 aromatic carbocycles. The number of benzene rings is 2. The molecular formula is C15H13ClO. The molecule has 1 N–H and O–H groups in total. The zero-order valence-corrected chi connectivity index (χ0v) is 10.1. The number of phenols is 1. The van der Waals surface area contributed by atoms with Gasteiger partial charge < -0.3 is 5.11 Å². The van der Waals surface area contributed by atoms with E-state index in [2.05, 4.69) is 12.1 Å². The van der Waals surface area contributed by atoms with Crippen LogP contribution < -0.4 is 0 Å². The molecule has 0 aromatic heterocycles. The number of hydrogen-bond donors (Lipinski definition) is 1. The SMILES string of the molecule is Oc1ccc(Cl)cc1C=CCc1ccccc1. The van der Waals surface area contributed by atoms with Gasteiger partial charge in [-0.3, -0.25) is 0 Å². The number of hydrogen-bond acceptors (Lipinski definition) is 1. The van der Waals surface area contributed by atoms with Crippen molar-refractivity contribution in [3.05, 3.63) is 70.8 Å². The standard InChI is InChI=1S/C15H13ClO/c16-14-9-10-15(17)13(11-14)8-4-7-12-5-2-1-3-6-12/h1-6,8-11,17H,7H2. The first-order valence-electron chi connectivity index (χ1n) is 5.45. The molecule has 0 spiro atoms. The van der Waals surface area contributed by atoms with E-state index in [0.29, 0.717) is 5.02 Å². The Labute approximate surface area is 106 Å². The molecule has 0 aliphatic heterocycles. The lowest BCUT2D eigenvalue weighted by atomic mass is 10.1. The van der Waals surface area contributed by atoms with Crippen molar-refractivity contribution in [1.82, 2.24) is 0 Å². The summed E-state index contributed by atoms with van der Waals surface area (Å²) in [5.74, 6) is 0.249. The highest BCUT2D eigenvalue weighted by atomic mass is 35.5. The van der Waals surface area contributed by atoms with Crippen molar-refractivity contribution in [2.75, 3.05) is 0 Å². The molecule has 0 aliphatic rings. The van der Waals surface area contributed by atoms with E-state index in [1.165, 1.54) is 5.56 Å². The average Bonchev–Trinajstić information content (AvgIpc) is 2.35. The Kier molecular flexibility index (Phi) is 3.84. The lowest BCUT2D eigenvalue weighted by Gasteiger charge is -1.99. The zero-order valence-electron chi connectivity index (χ0n) is 9.31. The molecule has 0 fully saturated rings. The first-order valence-corrected chi connectivity index (χ1v) is 5.82. The van der Waals surface area contributed by atoms with E-state index in [1.54, 1.807) is 18.2 Å². The highest BCUT2D eigenvalue weighted by Crippen LogP contribution is 2.22. The number of aromatic hydroxyl groups is 1. The summed E-state index contributed by atoms with van der Waals surface area (Å²) in [5, 5.41) is 10.2. The van der Waals surface area contributed by atoms with Crippen LogP contribution in [0, 0.1) is 0 Å². The summed E-state index contributed by atoms with van der Waals surface area (Å²) in [6.07, 6.45) is 4.74. The lowest BCUT2D eigenvalue weighted by Crippen LogP contribution is -1.79. The van der Waals surface area contributed by atoms with Crippen LogP contribution in [-0.2, 0) is 6.42 Å². The van der Waals surface area contributed by atoms with Gasteiger partial charge in [-0.2, -0.15) is 0 Å². The molecular weight excluding hydrogens is 232 g/mol. The minimum Gasteiger partial charge on any atom is -0.507 e. The fourth-order valence-electron chi connectivity index (χ4n) is 1.59. The van der Waals surface area contributed by atoms with Crippen molar-refractivity contribution in [1.29, 1.82) is 0 Å². The van der Waals surface area contributed by atoms with Crippen LogP contribution in [0.4, 0.5) is 0 Å². The average molecular weight is 245 g/mol. The summed E-state index contributed by atoms with van der Waals surface area (Å²) in [6, 6.07) is 15.2. The van der Waals surface area contributed by atoms with E-state index in [-0.39, 0.29) is 5.75 Å². The van der Waals surface area contributed by atoms with Gasteiger partial charge in [0.2, 0.25) is 0 Å². The van der Waals surface area contributed by atoms with Crippen LogP contribution in [0.25, 0.3) is 6.08 Å². The fourth-order valence-corrected chi connectivity index (χ4v) is 1.78. The van der Waals surface area contributed by atoms with Crippen LogP contribution >= 0.6 is 11.6 Å². The van der Waals surface area contributed by atoms with E-state index in [0.717, 1.165) is 12.0 Å². The number of halogens is 1. The second kappa shape index (κ2) is 5.55. The van der Waals surface area contributed by atoms with Crippen LogP contribution in [0.1, 0.15) is 11.1 Å². The van der Waals surface area contributed by atoms with Crippen LogP contribution in [0.15, 0.2) is 54.6 Å². The van der Waals surface area contributed by atoms with Gasteiger partial charge in [0.15, 0.2) is 0 Å². The second-order valence-electron chi connectivity index (χ2n) is 3.80. The Morgan fingerprint density at radius 2 is 1.82 bits per heavy atom. The third-order valence-corrected chi connectivity index (χ3v) is 2.72. The van der Waals surface area contributed by atoms with Crippen molar-refractivity contribution < 1.29 is 5.11 Å². The smallest absolute Gasteiger partial charge is 0.122 e. The van der Waals surface area contributed by atoms with Crippen LogP contribution in [0.5, 0.6) is 5.75 Å². The summed E-state index contributed by atoms with van der Waals surface area (Å²) in [6.45, 7) is 0. The molecule has 0 saturated carbocycles. The normalized spacial score (nSPS) is 10.9. The number of allylic oxidation sites excluding steroid dienone is 1. The van der Waals surface area contributed by atoms with Gasteiger partial charge in [0.05, 0.1) is 0 Å². The summed E-state index contributed by atoms with van der Waals surface area (Å²) in [5.41, 5.74) is 1.98. The topological polar surface area (TPSA) is 20.2 Å². The molecule has 0 unspecified atom stereocenters. The molecule has 0 heterocycles. The molecule has 0 radical (unpaired) electrons. The Bertz CT molecular complexity index is 518. The van der Waals surface area contributed by atoms with E-state index >= 15 is 0 Å². The monoisotopic (exact) mass is 244 g/mol. The maximum Gasteiger partial charge on any atom is 0.122 e. The largest absolute Gasteiger partial charge is 0.507 e. The molecule has 2 aromatic rings. The van der Waals surface area contributed by atoms with Gasteiger partial charge in [0, 0.05) is 10.6 Å². The lowest BCUT2D eigenvalue weighted by molar-refractivity contribution is 0.474. The van der Waals surface area contributed by atoms with Crippen molar-refractivity contribution >= 4 is 17.7 Å². The Hall–Kier alpha value is -1.73. The maximum absolute atomic E-state index is 9.62. The van der Waals surface area contributed by atoms with Crippen LogP contribution in [0.2, 0.25) is 5.02 Å². The van der Waals surface area contributed by atoms with E-state index in [4.69, 9.17) is 11.6 Å². The first-order chi connectivity index (χ1) is 8.25. The molecule has 0 saturated heterocycles. The quantitative estimate of drug-likeness (QED) is 0.854. The number of rotatable bonds is 3. The van der Waals surface area contributed by atoms with Gasteiger partial charge in [0.25, 0.3) is 0 Å². The fraction of sp³-hybridized carbons (Fsp3) is 0.0667. The van der Waals surface area contributed by atoms with Gasteiger partial charge in [0.1, 0.15) is 5.75 Å². The molecule has 1 nitrogen and oxygen atoms in total. The summed E-state index contributed by atoms with van der Waals surface area (Å²) >= 11 is 5.87. The van der Waals surface area contributed by atoms with E-state index < -0.39 is 0 Å². The highest BCUT2D eigenvalue weighted by Gasteiger charge is 1.97. The Morgan fingerprint density at radius 3 is 2.59 bits per heavy atom. The highest BCUT2D eigenvalue weighted by molar-refractivity contribution is 6.30. The minimum absolute atomic E-state index is 0.249. The first kappa shape index (κ1) is 11.7. The van der Waals surface area contributed by atoms with Gasteiger partial charge in [-0.25, -0.2) is 0 Å². The molecule has 0 amide bonds. The second-order valence-corrected chi connectivity index (χ2v) is 4.23. The molecule has 2 rings (SSSR count). The Morgan fingerprint density at radius 1 is 1.06 bits per heavy atom. The number of phenolic OH excluding ortho intramolecular Hbond substituents is 1. The zero-order chi connectivity index (χ0) is 12.1. The van der Waals surface area contributed by atoms with Crippen molar-refractivity contribution in [2.24, 2.45) is 0 Å². The third kappa shape index (κ3) is 3.36. The van der Waals surface area contributed by atoms with Crippen molar-refractivity contribution in [2.45, 2.75) is 6.42 Å². The molecule has 0 bridgehead atoms. The van der Waals surface area contributed by atoms with Gasteiger partial charge in [-0.1, -0.05) is 54.1 Å².